The van der Waals surface area contributed by atoms with E-state index in [1.165, 1.54) is 11.6 Å². The average molecular weight is 375 g/mol. The first-order valence-corrected chi connectivity index (χ1v) is 9.06. The van der Waals surface area contributed by atoms with E-state index in [0.29, 0.717) is 16.6 Å². The van der Waals surface area contributed by atoms with E-state index in [0.717, 1.165) is 15.7 Å². The summed E-state index contributed by atoms with van der Waals surface area (Å²) in [6.45, 7) is 0.264. The van der Waals surface area contributed by atoms with Crippen LogP contribution in [0, 0.1) is 0 Å². The second-order valence-corrected chi connectivity index (χ2v) is 6.89. The third-order valence-electron chi connectivity index (χ3n) is 5.11. The van der Waals surface area contributed by atoms with E-state index >= 15 is 0 Å². The fraction of sp³-hybridized carbons (Fsp3) is 0.182. The van der Waals surface area contributed by atoms with Crippen LogP contribution in [0.15, 0.2) is 76.4 Å². The molecule has 0 aliphatic heterocycles. The monoisotopic (exact) mass is 375 g/mol. The number of aliphatic hydroxyl groups excluding tert-OH is 1. The Hall–Kier alpha value is -3.38. The highest BCUT2D eigenvalue weighted by molar-refractivity contribution is 5.93. The minimum atomic E-state index is -0.744. The lowest BCUT2D eigenvalue weighted by Gasteiger charge is -2.15. The molecule has 0 aliphatic rings. The lowest BCUT2D eigenvalue weighted by Crippen LogP contribution is -2.36. The Morgan fingerprint density at radius 1 is 0.893 bits per heavy atom. The van der Waals surface area contributed by atoms with Crippen molar-refractivity contribution in [3.8, 4) is 11.3 Å². The van der Waals surface area contributed by atoms with Gasteiger partial charge in [-0.05, 0) is 11.1 Å². The van der Waals surface area contributed by atoms with Crippen molar-refractivity contribution in [2.45, 2.75) is 12.6 Å². The molecule has 6 heteroatoms. The highest BCUT2D eigenvalue weighted by atomic mass is 16.3. The molecule has 0 saturated carbocycles. The van der Waals surface area contributed by atoms with Crippen LogP contribution in [-0.2, 0) is 20.6 Å². The summed E-state index contributed by atoms with van der Waals surface area (Å²) in [5.41, 5.74) is 2.17. The fourth-order valence-corrected chi connectivity index (χ4v) is 3.61. The predicted molar refractivity (Wildman–Crippen MR) is 109 cm³/mol. The number of aliphatic hydroxyl groups is 1. The number of aromatic nitrogens is 3. The first-order chi connectivity index (χ1) is 13.5. The Morgan fingerprint density at radius 2 is 1.50 bits per heavy atom. The molecule has 2 aromatic heterocycles. The molecule has 0 amide bonds. The molecule has 2 heterocycles. The van der Waals surface area contributed by atoms with Crippen LogP contribution in [0.4, 0.5) is 0 Å². The Morgan fingerprint density at radius 3 is 2.14 bits per heavy atom. The highest BCUT2D eigenvalue weighted by Crippen LogP contribution is 2.29. The molecule has 0 spiro atoms. The van der Waals surface area contributed by atoms with E-state index in [4.69, 9.17) is 0 Å². The number of nitrogens with zero attached hydrogens (tertiary/aromatic N) is 3. The molecule has 1 N–H and O–H groups in total. The maximum absolute atomic E-state index is 12.9. The number of benzene rings is 2. The van der Waals surface area contributed by atoms with Gasteiger partial charge >= 0.3 is 5.69 Å². The number of aryl methyl sites for hydroxylation is 1. The summed E-state index contributed by atoms with van der Waals surface area (Å²) in [6.07, 6.45) is 1.03. The lowest BCUT2D eigenvalue weighted by atomic mass is 10.1. The molecule has 4 aromatic rings. The summed E-state index contributed by atoms with van der Waals surface area (Å²) < 4.78 is 4.44. The fourth-order valence-electron chi connectivity index (χ4n) is 3.61. The van der Waals surface area contributed by atoms with Crippen molar-refractivity contribution in [1.29, 1.82) is 0 Å². The summed E-state index contributed by atoms with van der Waals surface area (Å²) in [6, 6.07) is 18.9. The van der Waals surface area contributed by atoms with Gasteiger partial charge in [-0.25, -0.2) is 4.79 Å². The van der Waals surface area contributed by atoms with Gasteiger partial charge in [0.15, 0.2) is 0 Å². The van der Waals surface area contributed by atoms with Gasteiger partial charge in [0, 0.05) is 20.3 Å². The van der Waals surface area contributed by atoms with Crippen molar-refractivity contribution >= 4 is 10.9 Å². The second kappa shape index (κ2) is 6.98. The quantitative estimate of drug-likeness (QED) is 0.596. The predicted octanol–water partition coefficient (Wildman–Crippen LogP) is 2.44. The second-order valence-electron chi connectivity index (χ2n) is 6.89. The molecule has 0 aliphatic carbocycles. The Balaban J connectivity index is 1.98. The van der Waals surface area contributed by atoms with E-state index < -0.39 is 6.10 Å². The summed E-state index contributed by atoms with van der Waals surface area (Å²) in [7, 11) is 3.13. The maximum atomic E-state index is 12.9. The third-order valence-corrected chi connectivity index (χ3v) is 5.11. The highest BCUT2D eigenvalue weighted by Gasteiger charge is 2.20. The largest absolute Gasteiger partial charge is 0.387 e. The van der Waals surface area contributed by atoms with E-state index in [9.17, 15) is 14.7 Å². The smallest absolute Gasteiger partial charge is 0.330 e. The normalized spacial score (nSPS) is 12.4. The summed E-state index contributed by atoms with van der Waals surface area (Å²) in [5, 5.41) is 11.2. The molecule has 0 bridgehead atoms. The van der Waals surface area contributed by atoms with Crippen LogP contribution >= 0.6 is 0 Å². The Labute approximate surface area is 161 Å². The first-order valence-electron chi connectivity index (χ1n) is 9.06. The van der Waals surface area contributed by atoms with Gasteiger partial charge in [0.1, 0.15) is 0 Å². The van der Waals surface area contributed by atoms with Crippen LogP contribution in [0.1, 0.15) is 11.7 Å². The Kier molecular flexibility index (Phi) is 4.49. The van der Waals surface area contributed by atoms with Crippen molar-refractivity contribution in [2.24, 2.45) is 14.1 Å². The van der Waals surface area contributed by atoms with E-state index in [1.807, 2.05) is 65.2 Å². The zero-order valence-electron chi connectivity index (χ0n) is 15.7. The number of hydrogen-bond donors (Lipinski definition) is 1. The molecule has 28 heavy (non-hydrogen) atoms. The van der Waals surface area contributed by atoms with Gasteiger partial charge in [0.2, 0.25) is 0 Å². The molecular weight excluding hydrogens is 354 g/mol. The van der Waals surface area contributed by atoms with Gasteiger partial charge < -0.3 is 9.67 Å². The third kappa shape index (κ3) is 2.88. The van der Waals surface area contributed by atoms with Crippen molar-refractivity contribution in [2.75, 3.05) is 0 Å². The molecule has 142 valence electrons. The van der Waals surface area contributed by atoms with E-state index in [-0.39, 0.29) is 17.8 Å². The maximum Gasteiger partial charge on any atom is 0.330 e. The zero-order valence-corrected chi connectivity index (χ0v) is 15.7. The van der Waals surface area contributed by atoms with Gasteiger partial charge in [0.25, 0.3) is 5.56 Å². The minimum absolute atomic E-state index is 0.264. The SMILES string of the molecule is Cn1c(=O)c2c(-c3ccccc3)n(C[C@@H](O)c3ccccc3)cc2n(C)c1=O. The standard InChI is InChI=1S/C22H21N3O3/c1-23-17-13-25(14-18(26)15-9-5-3-6-10-15)20(16-11-7-4-8-12-16)19(17)21(27)24(2)22(23)28/h3-13,18,26H,14H2,1-2H3/t18-/m1/s1. The molecular formula is C22H21N3O3. The van der Waals surface area contributed by atoms with Crippen molar-refractivity contribution < 1.29 is 5.11 Å². The van der Waals surface area contributed by atoms with Crippen molar-refractivity contribution in [3.05, 3.63) is 93.3 Å². The molecule has 0 fully saturated rings. The summed E-state index contributed by atoms with van der Waals surface area (Å²) >= 11 is 0. The topological polar surface area (TPSA) is 69.2 Å². The van der Waals surface area contributed by atoms with Crippen LogP contribution in [0.3, 0.4) is 0 Å². The van der Waals surface area contributed by atoms with Crippen LogP contribution in [0.5, 0.6) is 0 Å². The number of rotatable bonds is 4. The van der Waals surface area contributed by atoms with Gasteiger partial charge in [-0.3, -0.25) is 13.9 Å². The molecule has 1 atom stereocenters. The Bertz CT molecular complexity index is 1250. The molecule has 6 nitrogen and oxygen atoms in total. The molecule has 0 unspecified atom stereocenters. The molecule has 0 saturated heterocycles. The zero-order chi connectivity index (χ0) is 19.8. The molecule has 2 aromatic carbocycles. The van der Waals surface area contributed by atoms with Crippen LogP contribution in [-0.4, -0.2) is 18.8 Å². The van der Waals surface area contributed by atoms with Crippen molar-refractivity contribution in [3.63, 3.8) is 0 Å². The lowest BCUT2D eigenvalue weighted by molar-refractivity contribution is 0.157. The average Bonchev–Trinajstić information content (AvgIpc) is 3.11. The van der Waals surface area contributed by atoms with Gasteiger partial charge in [0.05, 0.1) is 29.2 Å². The minimum Gasteiger partial charge on any atom is -0.387 e. The van der Waals surface area contributed by atoms with Gasteiger partial charge in [-0.15, -0.1) is 0 Å². The van der Waals surface area contributed by atoms with Crippen LogP contribution < -0.4 is 11.2 Å². The van der Waals surface area contributed by atoms with E-state index in [1.54, 1.807) is 13.2 Å². The number of fused-ring (bicyclic) bond motifs is 1. The molecule has 4 rings (SSSR count). The first kappa shape index (κ1) is 18.0. The summed E-state index contributed by atoms with van der Waals surface area (Å²) in [4.78, 5) is 25.3. The van der Waals surface area contributed by atoms with Crippen LogP contribution in [0.25, 0.3) is 22.2 Å². The summed E-state index contributed by atoms with van der Waals surface area (Å²) in [5.74, 6) is 0. The van der Waals surface area contributed by atoms with Gasteiger partial charge in [-0.1, -0.05) is 60.7 Å². The van der Waals surface area contributed by atoms with E-state index in [2.05, 4.69) is 0 Å². The van der Waals surface area contributed by atoms with Crippen LogP contribution in [0.2, 0.25) is 0 Å². The van der Waals surface area contributed by atoms with Gasteiger partial charge in [-0.2, -0.15) is 0 Å². The number of hydrogen-bond acceptors (Lipinski definition) is 3. The molecule has 0 radical (unpaired) electrons. The van der Waals surface area contributed by atoms with Crippen molar-refractivity contribution in [1.82, 2.24) is 13.7 Å².